The molecule has 0 unspecified atom stereocenters. The van der Waals surface area contributed by atoms with Crippen LogP contribution in [0.25, 0.3) is 0 Å². The zero-order valence-electron chi connectivity index (χ0n) is 20.2. The minimum atomic E-state index is -4.31. The van der Waals surface area contributed by atoms with Crippen molar-refractivity contribution in [3.05, 3.63) is 90.2 Å². The van der Waals surface area contributed by atoms with E-state index in [0.717, 1.165) is 10.4 Å². The number of nitrogens with zero attached hydrogens (tertiary/aromatic N) is 2. The first kappa shape index (κ1) is 26.7. The van der Waals surface area contributed by atoms with Crippen molar-refractivity contribution < 1.29 is 27.1 Å². The summed E-state index contributed by atoms with van der Waals surface area (Å²) < 4.78 is 47.8. The Morgan fingerprint density at radius 2 is 1.67 bits per heavy atom. The number of hydrogen-bond acceptors (Lipinski definition) is 5. The maximum atomic E-state index is 14.8. The zero-order chi connectivity index (χ0) is 26.3. The molecule has 0 saturated carbocycles. The Balaban J connectivity index is 2.03. The molecule has 0 aliphatic carbocycles. The number of para-hydroxylation sites is 1. The summed E-state index contributed by atoms with van der Waals surface area (Å²) in [6, 6.07) is 18.8. The second kappa shape index (κ2) is 11.7. The molecule has 10 heteroatoms. The first-order valence-corrected chi connectivity index (χ1v) is 12.6. The van der Waals surface area contributed by atoms with Gasteiger partial charge in [0.2, 0.25) is 11.8 Å². The minimum Gasteiger partial charge on any atom is -0.497 e. The summed E-state index contributed by atoms with van der Waals surface area (Å²) in [5.74, 6) is -1.36. The van der Waals surface area contributed by atoms with E-state index in [-0.39, 0.29) is 17.1 Å². The highest BCUT2D eigenvalue weighted by Gasteiger charge is 2.33. The van der Waals surface area contributed by atoms with Gasteiger partial charge in [-0.25, -0.2) is 12.8 Å². The van der Waals surface area contributed by atoms with Crippen LogP contribution in [0.2, 0.25) is 0 Å². The summed E-state index contributed by atoms with van der Waals surface area (Å²) in [5.41, 5.74) is 0.394. The number of carbonyl (C=O) groups is 2. The number of nitrogens with one attached hydrogen (secondary N) is 1. The molecule has 0 fully saturated rings. The van der Waals surface area contributed by atoms with Gasteiger partial charge in [-0.05, 0) is 48.9 Å². The van der Waals surface area contributed by atoms with Gasteiger partial charge in [-0.3, -0.25) is 13.9 Å². The normalized spacial score (nSPS) is 11.9. The summed E-state index contributed by atoms with van der Waals surface area (Å²) in [4.78, 5) is 27.3. The highest BCUT2D eigenvalue weighted by molar-refractivity contribution is 7.92. The standard InChI is InChI=1S/C26H28FN3O5S/c1-19(26(32)28-2)29(17-20-10-9-11-21(16-20)35-3)25(31)18-30(24-15-8-7-14-23(24)27)36(33,34)22-12-5-4-6-13-22/h4-16,19H,17-18H2,1-3H3,(H,28,32)/t19-/m0/s1. The molecule has 36 heavy (non-hydrogen) atoms. The molecule has 0 saturated heterocycles. The SMILES string of the molecule is CNC(=O)[C@H](C)N(Cc1cccc(OC)c1)C(=O)CN(c1ccccc1F)S(=O)(=O)c1ccccc1. The first-order valence-electron chi connectivity index (χ1n) is 11.2. The molecule has 0 spiro atoms. The van der Waals surface area contributed by atoms with Crippen LogP contribution in [0.3, 0.4) is 0 Å². The third-order valence-corrected chi connectivity index (χ3v) is 7.41. The number of amides is 2. The number of rotatable bonds is 10. The monoisotopic (exact) mass is 513 g/mol. The van der Waals surface area contributed by atoms with Crippen molar-refractivity contribution in [1.82, 2.24) is 10.2 Å². The number of hydrogen-bond donors (Lipinski definition) is 1. The molecule has 0 bridgehead atoms. The minimum absolute atomic E-state index is 0.00111. The van der Waals surface area contributed by atoms with E-state index >= 15 is 0 Å². The Morgan fingerprint density at radius 3 is 2.31 bits per heavy atom. The number of likely N-dealkylation sites (N-methyl/N-ethyl adjacent to an activating group) is 1. The van der Waals surface area contributed by atoms with Crippen molar-refractivity contribution in [2.75, 3.05) is 25.0 Å². The fraction of sp³-hybridized carbons (Fsp3) is 0.231. The largest absolute Gasteiger partial charge is 0.497 e. The van der Waals surface area contributed by atoms with Crippen LogP contribution in [0.4, 0.5) is 10.1 Å². The van der Waals surface area contributed by atoms with E-state index in [0.29, 0.717) is 11.3 Å². The van der Waals surface area contributed by atoms with Crippen molar-refractivity contribution in [2.24, 2.45) is 0 Å². The number of benzene rings is 3. The van der Waals surface area contributed by atoms with Crippen molar-refractivity contribution >= 4 is 27.5 Å². The zero-order valence-corrected chi connectivity index (χ0v) is 21.0. The molecule has 0 radical (unpaired) electrons. The molecule has 3 aromatic carbocycles. The van der Waals surface area contributed by atoms with Crippen LogP contribution in [0, 0.1) is 5.82 Å². The van der Waals surface area contributed by atoms with Gasteiger partial charge in [-0.1, -0.05) is 42.5 Å². The topological polar surface area (TPSA) is 96.0 Å². The molecule has 3 aromatic rings. The van der Waals surface area contributed by atoms with Crippen LogP contribution >= 0.6 is 0 Å². The molecule has 3 rings (SSSR count). The lowest BCUT2D eigenvalue weighted by Crippen LogP contribution is -2.50. The lowest BCUT2D eigenvalue weighted by atomic mass is 10.1. The van der Waals surface area contributed by atoms with Gasteiger partial charge < -0.3 is 15.0 Å². The van der Waals surface area contributed by atoms with Gasteiger partial charge in [-0.2, -0.15) is 0 Å². The highest BCUT2D eigenvalue weighted by atomic mass is 32.2. The van der Waals surface area contributed by atoms with E-state index in [4.69, 9.17) is 4.74 Å². The van der Waals surface area contributed by atoms with Gasteiger partial charge in [0.15, 0.2) is 0 Å². The molecule has 1 atom stereocenters. The Morgan fingerprint density at radius 1 is 1.00 bits per heavy atom. The molecule has 0 aliphatic heterocycles. The number of halogens is 1. The maximum Gasteiger partial charge on any atom is 0.264 e. The fourth-order valence-corrected chi connectivity index (χ4v) is 5.09. The molecule has 8 nitrogen and oxygen atoms in total. The molecule has 1 N–H and O–H groups in total. The number of carbonyl (C=O) groups excluding carboxylic acids is 2. The summed E-state index contributed by atoms with van der Waals surface area (Å²) in [5, 5.41) is 2.51. The Hall–Kier alpha value is -3.92. The van der Waals surface area contributed by atoms with Crippen molar-refractivity contribution in [3.63, 3.8) is 0 Å². The quantitative estimate of drug-likeness (QED) is 0.449. The molecule has 190 valence electrons. The summed E-state index contributed by atoms with van der Waals surface area (Å²) in [6.45, 7) is 0.820. The fourth-order valence-electron chi connectivity index (χ4n) is 3.65. The Labute approximate surface area is 210 Å². The first-order chi connectivity index (χ1) is 17.2. The third kappa shape index (κ3) is 6.01. The van der Waals surface area contributed by atoms with Crippen LogP contribution in [0.15, 0.2) is 83.8 Å². The van der Waals surface area contributed by atoms with Crippen LogP contribution in [0.1, 0.15) is 12.5 Å². The van der Waals surface area contributed by atoms with Crippen molar-refractivity contribution in [2.45, 2.75) is 24.4 Å². The van der Waals surface area contributed by atoms with Gasteiger partial charge in [0.25, 0.3) is 10.0 Å². The van der Waals surface area contributed by atoms with Gasteiger partial charge in [-0.15, -0.1) is 0 Å². The van der Waals surface area contributed by atoms with Crippen molar-refractivity contribution in [1.29, 1.82) is 0 Å². The van der Waals surface area contributed by atoms with Crippen LogP contribution in [-0.2, 0) is 26.2 Å². The molecule has 0 aliphatic rings. The summed E-state index contributed by atoms with van der Waals surface area (Å²) in [6.07, 6.45) is 0. The molecule has 0 aromatic heterocycles. The van der Waals surface area contributed by atoms with E-state index in [2.05, 4.69) is 5.32 Å². The van der Waals surface area contributed by atoms with Gasteiger partial charge in [0.1, 0.15) is 24.2 Å². The van der Waals surface area contributed by atoms with Gasteiger partial charge in [0.05, 0.1) is 17.7 Å². The molecular formula is C26H28FN3O5S. The average Bonchev–Trinajstić information content (AvgIpc) is 2.90. The van der Waals surface area contributed by atoms with Gasteiger partial charge >= 0.3 is 0 Å². The smallest absolute Gasteiger partial charge is 0.264 e. The molecule has 0 heterocycles. The summed E-state index contributed by atoms with van der Waals surface area (Å²) >= 11 is 0. The number of anilines is 1. The van der Waals surface area contributed by atoms with Gasteiger partial charge in [0, 0.05) is 13.6 Å². The van der Waals surface area contributed by atoms with E-state index < -0.39 is 40.2 Å². The van der Waals surface area contributed by atoms with Crippen LogP contribution in [-0.4, -0.2) is 51.9 Å². The van der Waals surface area contributed by atoms with E-state index in [1.165, 1.54) is 68.4 Å². The van der Waals surface area contributed by atoms with Crippen LogP contribution in [0.5, 0.6) is 5.75 Å². The Kier molecular flexibility index (Phi) is 8.65. The van der Waals surface area contributed by atoms with E-state index in [1.807, 2.05) is 0 Å². The maximum absolute atomic E-state index is 14.8. The predicted molar refractivity (Wildman–Crippen MR) is 134 cm³/mol. The Bertz CT molecular complexity index is 1320. The average molecular weight is 514 g/mol. The molecule has 2 amide bonds. The number of ether oxygens (including phenoxy) is 1. The number of methoxy groups -OCH3 is 1. The second-order valence-electron chi connectivity index (χ2n) is 7.94. The van der Waals surface area contributed by atoms with E-state index in [1.54, 1.807) is 30.3 Å². The van der Waals surface area contributed by atoms with E-state index in [9.17, 15) is 22.4 Å². The lowest BCUT2D eigenvalue weighted by molar-refractivity contribution is -0.139. The number of sulfonamides is 1. The second-order valence-corrected chi connectivity index (χ2v) is 9.80. The summed E-state index contributed by atoms with van der Waals surface area (Å²) in [7, 11) is -1.36. The highest BCUT2D eigenvalue weighted by Crippen LogP contribution is 2.27. The molecular weight excluding hydrogens is 485 g/mol. The van der Waals surface area contributed by atoms with Crippen molar-refractivity contribution in [3.8, 4) is 5.75 Å². The van der Waals surface area contributed by atoms with Crippen LogP contribution < -0.4 is 14.4 Å². The lowest BCUT2D eigenvalue weighted by Gasteiger charge is -2.31. The predicted octanol–water partition coefficient (Wildman–Crippen LogP) is 3.19. The third-order valence-electron chi connectivity index (χ3n) is 5.63.